The molecule has 0 heterocycles. The summed E-state index contributed by atoms with van der Waals surface area (Å²) in [6.45, 7) is 1.75. The van der Waals surface area contributed by atoms with Crippen molar-refractivity contribution in [2.45, 2.75) is 18.2 Å². The molecule has 0 unspecified atom stereocenters. The smallest absolute Gasteiger partial charge is 0.300 e. The summed E-state index contributed by atoms with van der Waals surface area (Å²) in [7, 11) is -4.47. The number of hydrogen-bond acceptors (Lipinski definition) is 4. The average molecular weight is 217 g/mol. The standard InChI is InChI=1S/C8H11NO4S/c1-2-5-3-4-6(9)8(7(5)10)14(11,12)13/h3-4,10H,2,9H2,1H3,(H,11,12,13). The SMILES string of the molecule is CCc1ccc(N)c(S(=O)(=O)O)c1O. The molecule has 14 heavy (non-hydrogen) atoms. The molecule has 1 rings (SSSR count). The van der Waals surface area contributed by atoms with Crippen molar-refractivity contribution in [1.29, 1.82) is 0 Å². The summed E-state index contributed by atoms with van der Waals surface area (Å²) >= 11 is 0. The molecule has 6 heteroatoms. The predicted molar refractivity (Wildman–Crippen MR) is 51.7 cm³/mol. The second-order valence-corrected chi connectivity index (χ2v) is 4.18. The van der Waals surface area contributed by atoms with Gasteiger partial charge in [0.05, 0.1) is 5.69 Å². The van der Waals surface area contributed by atoms with Gasteiger partial charge in [0.25, 0.3) is 10.1 Å². The lowest BCUT2D eigenvalue weighted by atomic mass is 10.1. The van der Waals surface area contributed by atoms with Gasteiger partial charge in [-0.2, -0.15) is 8.42 Å². The summed E-state index contributed by atoms with van der Waals surface area (Å²) in [6, 6.07) is 2.85. The molecular formula is C8H11NO4S. The third-order valence-electron chi connectivity index (χ3n) is 1.88. The van der Waals surface area contributed by atoms with Gasteiger partial charge in [0.15, 0.2) is 4.90 Å². The Morgan fingerprint density at radius 3 is 2.43 bits per heavy atom. The van der Waals surface area contributed by atoms with Crippen molar-refractivity contribution in [3.8, 4) is 5.75 Å². The minimum atomic E-state index is -4.47. The van der Waals surface area contributed by atoms with E-state index in [9.17, 15) is 13.5 Å². The molecule has 4 N–H and O–H groups in total. The Kier molecular flexibility index (Phi) is 2.68. The molecule has 0 spiro atoms. The maximum absolute atomic E-state index is 10.9. The maximum atomic E-state index is 10.9. The summed E-state index contributed by atoms with van der Waals surface area (Å²) in [5.74, 6) is -0.477. The van der Waals surface area contributed by atoms with Gasteiger partial charge in [0.2, 0.25) is 0 Å². The van der Waals surface area contributed by atoms with Crippen LogP contribution in [-0.2, 0) is 16.5 Å². The van der Waals surface area contributed by atoms with Gasteiger partial charge >= 0.3 is 0 Å². The second-order valence-electron chi connectivity index (χ2n) is 2.82. The molecule has 1 aromatic rings. The molecule has 5 nitrogen and oxygen atoms in total. The summed E-state index contributed by atoms with van der Waals surface area (Å²) in [4.78, 5) is -0.614. The Bertz CT molecular complexity index is 453. The summed E-state index contributed by atoms with van der Waals surface area (Å²) in [5.41, 5.74) is 5.59. The number of aromatic hydroxyl groups is 1. The zero-order valence-corrected chi connectivity index (χ0v) is 8.37. The van der Waals surface area contributed by atoms with Gasteiger partial charge in [-0.25, -0.2) is 0 Å². The molecule has 0 aliphatic heterocycles. The fraction of sp³-hybridized carbons (Fsp3) is 0.250. The van der Waals surface area contributed by atoms with Crippen LogP contribution < -0.4 is 5.73 Å². The minimum Gasteiger partial charge on any atom is -0.506 e. The number of hydrogen-bond donors (Lipinski definition) is 3. The van der Waals surface area contributed by atoms with E-state index in [4.69, 9.17) is 10.3 Å². The third-order valence-corrected chi connectivity index (χ3v) is 2.83. The number of nitrogen functional groups attached to an aromatic ring is 1. The highest BCUT2D eigenvalue weighted by Crippen LogP contribution is 2.32. The predicted octanol–water partition coefficient (Wildman–Crippen LogP) is 0.783. The molecular weight excluding hydrogens is 206 g/mol. The first kappa shape index (κ1) is 10.8. The normalized spacial score (nSPS) is 11.6. The van der Waals surface area contributed by atoms with E-state index in [1.54, 1.807) is 6.92 Å². The van der Waals surface area contributed by atoms with Crippen molar-refractivity contribution >= 4 is 15.8 Å². The van der Waals surface area contributed by atoms with Gasteiger partial charge in [-0.3, -0.25) is 4.55 Å². The number of phenolic OH excluding ortho intramolecular Hbond substituents is 1. The molecule has 0 fully saturated rings. The van der Waals surface area contributed by atoms with Gasteiger partial charge in [-0.05, 0) is 18.1 Å². The highest BCUT2D eigenvalue weighted by molar-refractivity contribution is 7.86. The molecule has 0 atom stereocenters. The number of phenols is 1. The van der Waals surface area contributed by atoms with Crippen molar-refractivity contribution in [1.82, 2.24) is 0 Å². The van der Waals surface area contributed by atoms with Crippen LogP contribution in [0, 0.1) is 0 Å². The first-order valence-electron chi connectivity index (χ1n) is 3.95. The van der Waals surface area contributed by atoms with Crippen LogP contribution >= 0.6 is 0 Å². The van der Waals surface area contributed by atoms with Crippen LogP contribution in [-0.4, -0.2) is 18.1 Å². The van der Waals surface area contributed by atoms with E-state index in [1.807, 2.05) is 0 Å². The molecule has 0 aromatic heterocycles. The Morgan fingerprint density at radius 2 is 2.00 bits per heavy atom. The Hall–Kier alpha value is -1.27. The van der Waals surface area contributed by atoms with Crippen molar-refractivity contribution in [2.75, 3.05) is 5.73 Å². The van der Waals surface area contributed by atoms with Gasteiger partial charge in [0, 0.05) is 0 Å². The van der Waals surface area contributed by atoms with E-state index >= 15 is 0 Å². The van der Waals surface area contributed by atoms with Crippen LogP contribution in [0.15, 0.2) is 17.0 Å². The number of benzene rings is 1. The number of aryl methyl sites for hydroxylation is 1. The van der Waals surface area contributed by atoms with Crippen LogP contribution in [0.4, 0.5) is 5.69 Å². The molecule has 0 radical (unpaired) electrons. The average Bonchev–Trinajstić information content (AvgIpc) is 2.02. The zero-order chi connectivity index (χ0) is 10.9. The highest BCUT2D eigenvalue weighted by Gasteiger charge is 2.21. The lowest BCUT2D eigenvalue weighted by molar-refractivity contribution is 0.439. The first-order valence-corrected chi connectivity index (χ1v) is 5.39. The van der Waals surface area contributed by atoms with Gasteiger partial charge in [-0.1, -0.05) is 13.0 Å². The number of nitrogens with two attached hydrogens (primary N) is 1. The summed E-state index contributed by atoms with van der Waals surface area (Å²) in [5, 5.41) is 9.49. The topological polar surface area (TPSA) is 101 Å². The lowest BCUT2D eigenvalue weighted by Gasteiger charge is -2.08. The van der Waals surface area contributed by atoms with E-state index < -0.39 is 20.8 Å². The van der Waals surface area contributed by atoms with E-state index in [2.05, 4.69) is 0 Å². The largest absolute Gasteiger partial charge is 0.506 e. The van der Waals surface area contributed by atoms with Crippen molar-refractivity contribution in [3.05, 3.63) is 17.7 Å². The van der Waals surface area contributed by atoms with Crippen molar-refractivity contribution < 1.29 is 18.1 Å². The van der Waals surface area contributed by atoms with E-state index in [0.29, 0.717) is 12.0 Å². The van der Waals surface area contributed by atoms with E-state index in [-0.39, 0.29) is 5.69 Å². The van der Waals surface area contributed by atoms with Crippen LogP contribution in [0.2, 0.25) is 0 Å². The van der Waals surface area contributed by atoms with Crippen LogP contribution in [0.1, 0.15) is 12.5 Å². The number of anilines is 1. The summed E-state index contributed by atoms with van der Waals surface area (Å²) < 4.78 is 30.5. The lowest BCUT2D eigenvalue weighted by Crippen LogP contribution is -2.04. The monoisotopic (exact) mass is 217 g/mol. The molecule has 0 amide bonds. The van der Waals surface area contributed by atoms with Gasteiger partial charge < -0.3 is 10.8 Å². The minimum absolute atomic E-state index is 0.165. The highest BCUT2D eigenvalue weighted by atomic mass is 32.2. The Labute approximate surface area is 81.9 Å². The van der Waals surface area contributed by atoms with E-state index in [0.717, 1.165) is 0 Å². The van der Waals surface area contributed by atoms with Crippen LogP contribution in [0.3, 0.4) is 0 Å². The molecule has 78 valence electrons. The fourth-order valence-electron chi connectivity index (χ4n) is 1.18. The summed E-state index contributed by atoms with van der Waals surface area (Å²) in [6.07, 6.45) is 0.453. The third kappa shape index (κ3) is 1.80. The van der Waals surface area contributed by atoms with Gasteiger partial charge in [-0.15, -0.1) is 0 Å². The molecule has 0 aliphatic carbocycles. The molecule has 0 bridgehead atoms. The Morgan fingerprint density at radius 1 is 1.43 bits per heavy atom. The van der Waals surface area contributed by atoms with Crippen molar-refractivity contribution in [2.24, 2.45) is 0 Å². The van der Waals surface area contributed by atoms with Crippen molar-refractivity contribution in [3.63, 3.8) is 0 Å². The maximum Gasteiger partial charge on any atom is 0.300 e. The van der Waals surface area contributed by atoms with E-state index in [1.165, 1.54) is 12.1 Å². The molecule has 0 aliphatic rings. The molecule has 0 saturated carbocycles. The Balaban J connectivity index is 3.57. The number of rotatable bonds is 2. The van der Waals surface area contributed by atoms with Crippen LogP contribution in [0.5, 0.6) is 5.75 Å². The van der Waals surface area contributed by atoms with Gasteiger partial charge in [0.1, 0.15) is 5.75 Å². The first-order chi connectivity index (χ1) is 6.38. The second kappa shape index (κ2) is 3.47. The zero-order valence-electron chi connectivity index (χ0n) is 7.56. The quantitative estimate of drug-likeness (QED) is 0.502. The molecule has 1 aromatic carbocycles. The molecule has 0 saturated heterocycles. The fourth-order valence-corrected chi connectivity index (χ4v) is 1.93. The van der Waals surface area contributed by atoms with Crippen LogP contribution in [0.25, 0.3) is 0 Å².